The number of thioether (sulfide) groups is 1. The fraction of sp³-hybridized carbons (Fsp3) is 0.692. The Kier molecular flexibility index (Phi) is 8.13. The van der Waals surface area contributed by atoms with E-state index in [-0.39, 0.29) is 0 Å². The molecule has 0 fully saturated rings. The van der Waals surface area contributed by atoms with Gasteiger partial charge in [0.15, 0.2) is 0 Å². The predicted molar refractivity (Wildman–Crippen MR) is 89.3 cm³/mol. The van der Waals surface area contributed by atoms with Crippen molar-refractivity contribution in [2.75, 3.05) is 25.9 Å². The van der Waals surface area contributed by atoms with Gasteiger partial charge in [0.2, 0.25) is 10.0 Å². The SMILES string of the molecule is CCNCCc1ccc(S(=O)(=O)NCCC(C)SC)s1. The van der Waals surface area contributed by atoms with Crippen molar-refractivity contribution in [1.29, 1.82) is 0 Å². The molecule has 1 atom stereocenters. The first-order chi connectivity index (χ1) is 9.49. The monoisotopic (exact) mass is 336 g/mol. The van der Waals surface area contributed by atoms with Crippen LogP contribution >= 0.6 is 23.1 Å². The number of nitrogens with one attached hydrogen (secondary N) is 2. The first-order valence-electron chi connectivity index (χ1n) is 6.81. The molecule has 0 amide bonds. The minimum atomic E-state index is -3.34. The number of likely N-dealkylation sites (N-methyl/N-ethyl adjacent to an activating group) is 1. The Morgan fingerprint density at radius 1 is 1.35 bits per heavy atom. The summed E-state index contributed by atoms with van der Waals surface area (Å²) in [5, 5.41) is 3.71. The van der Waals surface area contributed by atoms with Crippen molar-refractivity contribution in [3.63, 3.8) is 0 Å². The molecule has 0 radical (unpaired) electrons. The molecule has 4 nitrogen and oxygen atoms in total. The molecule has 1 heterocycles. The third-order valence-corrected chi connectivity index (χ3v) is 7.08. The molecule has 0 aromatic carbocycles. The van der Waals surface area contributed by atoms with Crippen LogP contribution < -0.4 is 10.0 Å². The fourth-order valence-electron chi connectivity index (χ4n) is 1.61. The summed E-state index contributed by atoms with van der Waals surface area (Å²) >= 11 is 3.11. The maximum atomic E-state index is 12.1. The van der Waals surface area contributed by atoms with Crippen LogP contribution in [0.4, 0.5) is 0 Å². The summed E-state index contributed by atoms with van der Waals surface area (Å²) in [6.45, 7) is 6.47. The zero-order valence-corrected chi connectivity index (χ0v) is 14.8. The van der Waals surface area contributed by atoms with Gasteiger partial charge < -0.3 is 5.32 Å². The topological polar surface area (TPSA) is 58.2 Å². The summed E-state index contributed by atoms with van der Waals surface area (Å²) in [5.74, 6) is 0. The summed E-state index contributed by atoms with van der Waals surface area (Å²) in [7, 11) is -3.34. The normalized spacial score (nSPS) is 13.6. The molecule has 0 bridgehead atoms. The Morgan fingerprint density at radius 2 is 2.10 bits per heavy atom. The summed E-state index contributed by atoms with van der Waals surface area (Å²) in [6, 6.07) is 3.60. The lowest BCUT2D eigenvalue weighted by atomic mass is 10.3. The Bertz CT molecular complexity index is 486. The highest BCUT2D eigenvalue weighted by Crippen LogP contribution is 2.21. The van der Waals surface area contributed by atoms with Gasteiger partial charge in [-0.3, -0.25) is 0 Å². The number of hydrogen-bond donors (Lipinski definition) is 2. The van der Waals surface area contributed by atoms with Crippen LogP contribution in [-0.2, 0) is 16.4 Å². The minimum Gasteiger partial charge on any atom is -0.317 e. The van der Waals surface area contributed by atoms with Crippen molar-refractivity contribution in [1.82, 2.24) is 10.0 Å². The van der Waals surface area contributed by atoms with Crippen LogP contribution in [0.1, 0.15) is 25.1 Å². The third-order valence-electron chi connectivity index (χ3n) is 2.95. The smallest absolute Gasteiger partial charge is 0.250 e. The lowest BCUT2D eigenvalue weighted by molar-refractivity contribution is 0.581. The van der Waals surface area contributed by atoms with Gasteiger partial charge in [0.05, 0.1) is 0 Å². The zero-order chi connectivity index (χ0) is 15.0. The molecule has 1 aromatic heterocycles. The van der Waals surface area contributed by atoms with Crippen LogP contribution in [0, 0.1) is 0 Å². The molecular weight excluding hydrogens is 312 g/mol. The van der Waals surface area contributed by atoms with Crippen LogP contribution in [0.15, 0.2) is 16.3 Å². The fourth-order valence-corrected chi connectivity index (χ4v) is 4.41. The summed E-state index contributed by atoms with van der Waals surface area (Å²) in [4.78, 5) is 1.10. The van der Waals surface area contributed by atoms with Gasteiger partial charge in [-0.2, -0.15) is 11.8 Å². The van der Waals surface area contributed by atoms with Crippen LogP contribution in [-0.4, -0.2) is 39.6 Å². The van der Waals surface area contributed by atoms with E-state index in [0.717, 1.165) is 30.8 Å². The number of sulfonamides is 1. The summed E-state index contributed by atoms with van der Waals surface area (Å²) < 4.78 is 27.3. The van der Waals surface area contributed by atoms with Crippen molar-refractivity contribution in [3.8, 4) is 0 Å². The Hall–Kier alpha value is -0.0800. The van der Waals surface area contributed by atoms with E-state index in [0.29, 0.717) is 16.0 Å². The molecule has 0 spiro atoms. The van der Waals surface area contributed by atoms with Gasteiger partial charge in [0.25, 0.3) is 0 Å². The highest BCUT2D eigenvalue weighted by atomic mass is 32.2. The molecular formula is C13H24N2O2S3. The quantitative estimate of drug-likeness (QED) is 0.644. The lowest BCUT2D eigenvalue weighted by Crippen LogP contribution is -2.25. The van der Waals surface area contributed by atoms with E-state index in [4.69, 9.17) is 0 Å². The highest BCUT2D eigenvalue weighted by Gasteiger charge is 2.16. The number of hydrogen-bond acceptors (Lipinski definition) is 5. The van der Waals surface area contributed by atoms with Gasteiger partial charge in [-0.05, 0) is 44.3 Å². The second-order valence-electron chi connectivity index (χ2n) is 4.56. The van der Waals surface area contributed by atoms with Gasteiger partial charge in [-0.25, -0.2) is 13.1 Å². The first-order valence-corrected chi connectivity index (χ1v) is 10.4. The van der Waals surface area contributed by atoms with Gasteiger partial charge in [0, 0.05) is 16.7 Å². The van der Waals surface area contributed by atoms with Crippen molar-refractivity contribution >= 4 is 33.1 Å². The van der Waals surface area contributed by atoms with Gasteiger partial charge >= 0.3 is 0 Å². The molecule has 20 heavy (non-hydrogen) atoms. The summed E-state index contributed by atoms with van der Waals surface area (Å²) in [6.07, 6.45) is 3.76. The largest absolute Gasteiger partial charge is 0.317 e. The second-order valence-corrected chi connectivity index (χ2v) is 9.00. The van der Waals surface area contributed by atoms with Crippen molar-refractivity contribution in [2.45, 2.75) is 36.1 Å². The molecule has 116 valence electrons. The van der Waals surface area contributed by atoms with E-state index in [1.54, 1.807) is 17.8 Å². The Balaban J connectivity index is 2.50. The molecule has 1 aromatic rings. The van der Waals surface area contributed by atoms with Crippen LogP contribution in [0.3, 0.4) is 0 Å². The molecule has 0 aliphatic heterocycles. The van der Waals surface area contributed by atoms with Gasteiger partial charge in [-0.15, -0.1) is 11.3 Å². The van der Waals surface area contributed by atoms with E-state index in [1.807, 2.05) is 12.3 Å². The van der Waals surface area contributed by atoms with E-state index in [2.05, 4.69) is 23.9 Å². The van der Waals surface area contributed by atoms with E-state index in [9.17, 15) is 8.42 Å². The Morgan fingerprint density at radius 3 is 2.75 bits per heavy atom. The first kappa shape index (κ1) is 18.0. The molecule has 1 rings (SSSR count). The molecule has 0 saturated carbocycles. The zero-order valence-electron chi connectivity index (χ0n) is 12.3. The molecule has 0 aliphatic rings. The van der Waals surface area contributed by atoms with Crippen molar-refractivity contribution < 1.29 is 8.42 Å². The molecule has 2 N–H and O–H groups in total. The Labute approximate surface area is 130 Å². The van der Waals surface area contributed by atoms with E-state index in [1.165, 1.54) is 11.3 Å². The average molecular weight is 337 g/mol. The standard InChI is InChI=1S/C13H24N2O2S3/c1-4-14-9-8-12-5-6-13(19-12)20(16,17)15-10-7-11(2)18-3/h5-6,11,14-15H,4,7-10H2,1-3H3. The van der Waals surface area contributed by atoms with Crippen LogP contribution in [0.5, 0.6) is 0 Å². The third kappa shape index (κ3) is 6.13. The minimum absolute atomic E-state index is 0.417. The van der Waals surface area contributed by atoms with Gasteiger partial charge in [0.1, 0.15) is 4.21 Å². The molecule has 7 heteroatoms. The lowest BCUT2D eigenvalue weighted by Gasteiger charge is -2.08. The second kappa shape index (κ2) is 9.04. The van der Waals surface area contributed by atoms with Gasteiger partial charge in [-0.1, -0.05) is 13.8 Å². The van der Waals surface area contributed by atoms with E-state index < -0.39 is 10.0 Å². The maximum absolute atomic E-state index is 12.1. The molecule has 1 unspecified atom stereocenters. The molecule has 0 aliphatic carbocycles. The van der Waals surface area contributed by atoms with Crippen LogP contribution in [0.2, 0.25) is 0 Å². The van der Waals surface area contributed by atoms with Crippen molar-refractivity contribution in [3.05, 3.63) is 17.0 Å². The van der Waals surface area contributed by atoms with Crippen molar-refractivity contribution in [2.24, 2.45) is 0 Å². The van der Waals surface area contributed by atoms with Crippen LogP contribution in [0.25, 0.3) is 0 Å². The van der Waals surface area contributed by atoms with E-state index >= 15 is 0 Å². The number of rotatable bonds is 10. The predicted octanol–water partition coefficient (Wildman–Crippen LogP) is 2.32. The average Bonchev–Trinajstić information content (AvgIpc) is 2.88. The summed E-state index contributed by atoms with van der Waals surface area (Å²) in [5.41, 5.74) is 0. The highest BCUT2D eigenvalue weighted by molar-refractivity contribution is 7.99. The maximum Gasteiger partial charge on any atom is 0.250 e. The number of thiophene rings is 1. The molecule has 0 saturated heterocycles.